The number of benzene rings is 2. The van der Waals surface area contributed by atoms with Crippen LogP contribution in [0.3, 0.4) is 0 Å². The number of hydrogen-bond donors (Lipinski definition) is 0. The Kier molecular flexibility index (Phi) is 7.04. The summed E-state index contributed by atoms with van der Waals surface area (Å²) in [4.78, 5) is 4.82. The molecular formula is C22H26ClNOS. The van der Waals surface area contributed by atoms with Gasteiger partial charge in [-0.25, -0.2) is 4.99 Å². The van der Waals surface area contributed by atoms with E-state index in [1.807, 2.05) is 24.3 Å². The maximum atomic E-state index is 5.96. The summed E-state index contributed by atoms with van der Waals surface area (Å²) in [5.41, 5.74) is 2.44. The molecule has 138 valence electrons. The minimum atomic E-state index is 0.683. The summed E-state index contributed by atoms with van der Waals surface area (Å²) < 4.78 is 5.26. The Morgan fingerprint density at radius 1 is 1.04 bits per heavy atom. The van der Waals surface area contributed by atoms with Crippen LogP contribution in [0, 0.1) is 5.92 Å². The molecule has 0 aromatic heterocycles. The first-order valence-corrected chi connectivity index (χ1v) is 10.8. The van der Waals surface area contributed by atoms with Crippen LogP contribution in [-0.2, 0) is 0 Å². The second-order valence-electron chi connectivity index (χ2n) is 6.88. The zero-order chi connectivity index (χ0) is 18.4. The van der Waals surface area contributed by atoms with Crippen LogP contribution >= 0.6 is 23.4 Å². The summed E-state index contributed by atoms with van der Waals surface area (Å²) in [6, 6.07) is 16.4. The Morgan fingerprint density at radius 2 is 1.69 bits per heavy atom. The predicted octanol–water partition coefficient (Wildman–Crippen LogP) is 7.11. The molecule has 0 radical (unpaired) electrons. The van der Waals surface area contributed by atoms with Gasteiger partial charge in [-0.05, 0) is 92.2 Å². The molecule has 0 saturated heterocycles. The molecule has 0 aliphatic heterocycles. The summed E-state index contributed by atoms with van der Waals surface area (Å²) in [6.07, 6.45) is 8.28. The number of aliphatic imine (C=N–C) groups is 1. The van der Waals surface area contributed by atoms with Gasteiger partial charge in [-0.2, -0.15) is 0 Å². The minimum Gasteiger partial charge on any atom is -0.497 e. The fraction of sp³-hybridized carbons (Fsp3) is 0.409. The Bertz CT molecular complexity index is 719. The normalized spacial score (nSPS) is 20.8. The number of rotatable bonds is 5. The molecule has 1 aliphatic rings. The zero-order valence-electron chi connectivity index (χ0n) is 15.5. The van der Waals surface area contributed by atoms with Crippen molar-refractivity contribution in [2.24, 2.45) is 10.9 Å². The van der Waals surface area contributed by atoms with Crippen LogP contribution in [0.15, 0.2) is 53.5 Å². The molecule has 2 aromatic carbocycles. The third-order valence-electron chi connectivity index (χ3n) is 5.21. The third-order valence-corrected chi connectivity index (χ3v) is 6.19. The minimum absolute atomic E-state index is 0.683. The standard InChI is InChI=1S/C22H26ClNOS/c1-25-21-13-7-18(8-14-21)17-5-3-16(4-6-17)15-22(26-2)24-20-11-9-19(23)10-12-20/h7-14,16-17H,3-6,15H2,1-2H3. The van der Waals surface area contributed by atoms with Crippen molar-refractivity contribution in [3.63, 3.8) is 0 Å². The first kappa shape index (κ1) is 19.3. The fourth-order valence-electron chi connectivity index (χ4n) is 3.66. The van der Waals surface area contributed by atoms with Crippen molar-refractivity contribution in [2.75, 3.05) is 13.4 Å². The number of methoxy groups -OCH3 is 1. The number of halogens is 1. The molecule has 0 spiro atoms. The third kappa shape index (κ3) is 5.28. The van der Waals surface area contributed by atoms with E-state index in [0.717, 1.165) is 28.8 Å². The highest BCUT2D eigenvalue weighted by Crippen LogP contribution is 2.38. The summed E-state index contributed by atoms with van der Waals surface area (Å²) in [7, 11) is 1.72. The zero-order valence-corrected chi connectivity index (χ0v) is 17.0. The van der Waals surface area contributed by atoms with E-state index in [4.69, 9.17) is 21.3 Å². The second-order valence-corrected chi connectivity index (χ2v) is 8.20. The van der Waals surface area contributed by atoms with Gasteiger partial charge in [0.1, 0.15) is 5.75 Å². The van der Waals surface area contributed by atoms with Gasteiger partial charge in [0.25, 0.3) is 0 Å². The molecule has 1 fully saturated rings. The topological polar surface area (TPSA) is 21.6 Å². The van der Waals surface area contributed by atoms with E-state index < -0.39 is 0 Å². The van der Waals surface area contributed by atoms with Gasteiger partial charge >= 0.3 is 0 Å². The Labute approximate surface area is 166 Å². The summed E-state index contributed by atoms with van der Waals surface area (Å²) in [6.45, 7) is 0. The first-order valence-electron chi connectivity index (χ1n) is 9.19. The largest absolute Gasteiger partial charge is 0.497 e. The van der Waals surface area contributed by atoms with Crippen LogP contribution in [0.5, 0.6) is 5.75 Å². The van der Waals surface area contributed by atoms with Gasteiger partial charge in [-0.3, -0.25) is 0 Å². The molecule has 0 amide bonds. The van der Waals surface area contributed by atoms with E-state index in [2.05, 4.69) is 30.5 Å². The van der Waals surface area contributed by atoms with Crippen molar-refractivity contribution in [1.29, 1.82) is 0 Å². The quantitative estimate of drug-likeness (QED) is 0.402. The first-order chi connectivity index (χ1) is 12.7. The van der Waals surface area contributed by atoms with Crippen LogP contribution in [0.1, 0.15) is 43.6 Å². The van der Waals surface area contributed by atoms with Crippen LogP contribution in [0.4, 0.5) is 5.69 Å². The lowest BCUT2D eigenvalue weighted by molar-refractivity contribution is 0.334. The van der Waals surface area contributed by atoms with Gasteiger partial charge < -0.3 is 4.74 Å². The highest BCUT2D eigenvalue weighted by Gasteiger charge is 2.23. The van der Waals surface area contributed by atoms with Crippen LogP contribution < -0.4 is 4.74 Å². The lowest BCUT2D eigenvalue weighted by atomic mass is 9.78. The molecule has 1 aliphatic carbocycles. The van der Waals surface area contributed by atoms with Crippen molar-refractivity contribution in [2.45, 2.75) is 38.0 Å². The molecule has 0 N–H and O–H groups in total. The van der Waals surface area contributed by atoms with Crippen molar-refractivity contribution >= 4 is 34.1 Å². The van der Waals surface area contributed by atoms with Crippen LogP contribution in [0.25, 0.3) is 0 Å². The van der Waals surface area contributed by atoms with Gasteiger partial charge in [0.15, 0.2) is 0 Å². The Balaban J connectivity index is 1.55. The molecule has 4 heteroatoms. The van der Waals surface area contributed by atoms with Gasteiger partial charge in [0.2, 0.25) is 0 Å². The summed E-state index contributed by atoms with van der Waals surface area (Å²) in [5.74, 6) is 2.36. The van der Waals surface area contributed by atoms with Crippen molar-refractivity contribution in [3.05, 3.63) is 59.1 Å². The molecule has 0 atom stereocenters. The average Bonchev–Trinajstić information content (AvgIpc) is 2.70. The Morgan fingerprint density at radius 3 is 2.27 bits per heavy atom. The summed E-state index contributed by atoms with van der Waals surface area (Å²) in [5, 5.41) is 1.98. The van der Waals surface area contributed by atoms with Gasteiger partial charge in [0, 0.05) is 5.02 Å². The fourth-order valence-corrected chi connectivity index (χ4v) is 4.38. The van der Waals surface area contributed by atoms with Crippen molar-refractivity contribution < 1.29 is 4.74 Å². The average molecular weight is 388 g/mol. The number of nitrogens with zero attached hydrogens (tertiary/aromatic N) is 1. The molecule has 1 saturated carbocycles. The second kappa shape index (κ2) is 9.48. The van der Waals surface area contributed by atoms with E-state index in [-0.39, 0.29) is 0 Å². The smallest absolute Gasteiger partial charge is 0.118 e. The number of thioether (sulfide) groups is 1. The van der Waals surface area contributed by atoms with Gasteiger partial charge in [-0.1, -0.05) is 23.7 Å². The van der Waals surface area contributed by atoms with Crippen molar-refractivity contribution in [1.82, 2.24) is 0 Å². The van der Waals surface area contributed by atoms with Crippen LogP contribution in [-0.4, -0.2) is 18.4 Å². The van der Waals surface area contributed by atoms with E-state index in [1.165, 1.54) is 36.3 Å². The maximum absolute atomic E-state index is 5.96. The SMILES string of the molecule is COc1ccc(C2CCC(CC(=Nc3ccc(Cl)cc3)SC)CC2)cc1. The van der Waals surface area contributed by atoms with E-state index in [0.29, 0.717) is 5.92 Å². The van der Waals surface area contributed by atoms with E-state index in [9.17, 15) is 0 Å². The molecular weight excluding hydrogens is 362 g/mol. The van der Waals surface area contributed by atoms with E-state index in [1.54, 1.807) is 18.9 Å². The van der Waals surface area contributed by atoms with Gasteiger partial charge in [0.05, 0.1) is 17.8 Å². The monoisotopic (exact) mass is 387 g/mol. The van der Waals surface area contributed by atoms with Crippen molar-refractivity contribution in [3.8, 4) is 5.75 Å². The highest BCUT2D eigenvalue weighted by molar-refractivity contribution is 8.13. The number of ether oxygens (including phenoxy) is 1. The molecule has 2 nitrogen and oxygen atoms in total. The highest BCUT2D eigenvalue weighted by atomic mass is 35.5. The predicted molar refractivity (Wildman–Crippen MR) is 114 cm³/mol. The molecule has 2 aromatic rings. The van der Waals surface area contributed by atoms with Crippen LogP contribution in [0.2, 0.25) is 5.02 Å². The Hall–Kier alpha value is -1.45. The lowest BCUT2D eigenvalue weighted by Gasteiger charge is -2.29. The molecule has 0 heterocycles. The van der Waals surface area contributed by atoms with Gasteiger partial charge in [-0.15, -0.1) is 11.8 Å². The lowest BCUT2D eigenvalue weighted by Crippen LogP contribution is -2.15. The van der Waals surface area contributed by atoms with E-state index >= 15 is 0 Å². The molecule has 0 unspecified atom stereocenters. The molecule has 26 heavy (non-hydrogen) atoms. The molecule has 3 rings (SSSR count). The molecule has 0 bridgehead atoms. The number of hydrogen-bond acceptors (Lipinski definition) is 3. The summed E-state index contributed by atoms with van der Waals surface area (Å²) >= 11 is 7.73. The maximum Gasteiger partial charge on any atom is 0.118 e.